The molecule has 90 valence electrons. The second kappa shape index (κ2) is 5.19. The first-order chi connectivity index (χ1) is 7.74. The van der Waals surface area contributed by atoms with Crippen molar-refractivity contribution < 1.29 is 9.59 Å². The minimum absolute atomic E-state index is 0.0217. The van der Waals surface area contributed by atoms with Crippen molar-refractivity contribution in [1.29, 1.82) is 0 Å². The van der Waals surface area contributed by atoms with E-state index in [9.17, 15) is 9.59 Å². The van der Waals surface area contributed by atoms with Gasteiger partial charge in [-0.15, -0.1) is 11.8 Å². The molecule has 2 rings (SSSR count). The zero-order valence-corrected chi connectivity index (χ0v) is 10.2. The highest BCUT2D eigenvalue weighted by Gasteiger charge is 2.37. The van der Waals surface area contributed by atoms with Crippen LogP contribution in [0.1, 0.15) is 25.7 Å². The number of nitrogens with two attached hydrogens (primary N) is 1. The van der Waals surface area contributed by atoms with Crippen molar-refractivity contribution in [1.82, 2.24) is 4.90 Å². The van der Waals surface area contributed by atoms with E-state index in [1.807, 2.05) is 0 Å². The molecule has 2 amide bonds. The van der Waals surface area contributed by atoms with Crippen molar-refractivity contribution in [3.05, 3.63) is 0 Å². The monoisotopic (exact) mass is 242 g/mol. The van der Waals surface area contributed by atoms with Gasteiger partial charge in [0.05, 0.1) is 11.5 Å². The summed E-state index contributed by atoms with van der Waals surface area (Å²) < 4.78 is 0. The van der Waals surface area contributed by atoms with Crippen LogP contribution in [-0.2, 0) is 9.59 Å². The van der Waals surface area contributed by atoms with Gasteiger partial charge >= 0.3 is 0 Å². The number of carbonyl (C=O) groups is 2. The van der Waals surface area contributed by atoms with Crippen molar-refractivity contribution in [2.24, 2.45) is 11.7 Å². The molecule has 2 aliphatic rings. The Kier molecular flexibility index (Phi) is 3.86. The Morgan fingerprint density at radius 2 is 1.81 bits per heavy atom. The molecule has 0 bridgehead atoms. The topological polar surface area (TPSA) is 63.4 Å². The molecule has 1 heterocycles. The Balaban J connectivity index is 2.13. The van der Waals surface area contributed by atoms with Crippen molar-refractivity contribution in [3.8, 4) is 0 Å². The van der Waals surface area contributed by atoms with E-state index in [0.29, 0.717) is 24.0 Å². The van der Waals surface area contributed by atoms with Crippen molar-refractivity contribution in [2.75, 3.05) is 18.1 Å². The third-order valence-electron chi connectivity index (χ3n) is 3.49. The lowest BCUT2D eigenvalue weighted by Gasteiger charge is -2.39. The molecule has 0 spiro atoms. The molecule has 16 heavy (non-hydrogen) atoms. The number of amides is 2. The highest BCUT2D eigenvalue weighted by atomic mass is 32.2. The van der Waals surface area contributed by atoms with Crippen molar-refractivity contribution >= 4 is 23.6 Å². The SMILES string of the molecule is NCC1CCCCC1N1C(=O)CSCC1=O. The Bertz CT molecular complexity index is 280. The minimum Gasteiger partial charge on any atom is -0.330 e. The molecule has 2 unspecified atom stereocenters. The van der Waals surface area contributed by atoms with Crippen molar-refractivity contribution in [2.45, 2.75) is 31.7 Å². The average molecular weight is 242 g/mol. The lowest BCUT2D eigenvalue weighted by molar-refractivity contribution is -0.147. The fourth-order valence-corrected chi connectivity index (χ4v) is 3.41. The van der Waals surface area contributed by atoms with Crippen LogP contribution in [0, 0.1) is 5.92 Å². The van der Waals surface area contributed by atoms with Crippen LogP contribution in [-0.4, -0.2) is 40.8 Å². The molecule has 1 aliphatic carbocycles. The molecular formula is C11H18N2O2S. The number of imide groups is 1. The van der Waals surface area contributed by atoms with Crippen LogP contribution >= 0.6 is 11.8 Å². The van der Waals surface area contributed by atoms with Crippen LogP contribution in [0.15, 0.2) is 0 Å². The summed E-state index contributed by atoms with van der Waals surface area (Å²) in [5, 5.41) is 0. The standard InChI is InChI=1S/C11H18N2O2S/c12-5-8-3-1-2-4-9(8)13-10(14)6-16-7-11(13)15/h8-9H,1-7,12H2. The first-order valence-corrected chi connectivity index (χ1v) is 7.02. The zero-order valence-electron chi connectivity index (χ0n) is 9.35. The van der Waals surface area contributed by atoms with Gasteiger partial charge in [-0.3, -0.25) is 14.5 Å². The summed E-state index contributed by atoms with van der Waals surface area (Å²) in [6.07, 6.45) is 4.25. The second-order valence-electron chi connectivity index (χ2n) is 4.50. The Morgan fingerprint density at radius 3 is 2.44 bits per heavy atom. The molecule has 0 radical (unpaired) electrons. The summed E-state index contributed by atoms with van der Waals surface area (Å²) in [5.74, 6) is 1.15. The second-order valence-corrected chi connectivity index (χ2v) is 5.48. The number of rotatable bonds is 2. The van der Waals surface area contributed by atoms with Crippen molar-refractivity contribution in [3.63, 3.8) is 0 Å². The van der Waals surface area contributed by atoms with Crippen LogP contribution in [0.3, 0.4) is 0 Å². The molecule has 4 nitrogen and oxygen atoms in total. The summed E-state index contributed by atoms with van der Waals surface area (Å²) in [4.78, 5) is 25.1. The summed E-state index contributed by atoms with van der Waals surface area (Å²) >= 11 is 1.42. The predicted octanol–water partition coefficient (Wildman–Crippen LogP) is 0.606. The Morgan fingerprint density at radius 1 is 1.19 bits per heavy atom. The van der Waals surface area contributed by atoms with Crippen LogP contribution < -0.4 is 5.73 Å². The van der Waals surface area contributed by atoms with Gasteiger partial charge in [0.1, 0.15) is 0 Å². The third-order valence-corrected chi connectivity index (χ3v) is 4.39. The molecule has 2 atom stereocenters. The number of carbonyl (C=O) groups excluding carboxylic acids is 2. The fraction of sp³-hybridized carbons (Fsp3) is 0.818. The number of thioether (sulfide) groups is 1. The lowest BCUT2D eigenvalue weighted by Crippen LogP contribution is -2.54. The summed E-state index contributed by atoms with van der Waals surface area (Å²) in [6, 6.07) is 0.0691. The van der Waals surface area contributed by atoms with Gasteiger partial charge in [0.15, 0.2) is 0 Å². The average Bonchev–Trinajstić information content (AvgIpc) is 2.29. The molecule has 0 aromatic rings. The first kappa shape index (κ1) is 11.9. The number of hydrogen-bond donors (Lipinski definition) is 1. The Hall–Kier alpha value is -0.550. The van der Waals surface area contributed by atoms with Gasteiger partial charge in [-0.2, -0.15) is 0 Å². The maximum absolute atomic E-state index is 11.8. The lowest BCUT2D eigenvalue weighted by atomic mass is 9.83. The van der Waals surface area contributed by atoms with Gasteiger partial charge in [0.2, 0.25) is 11.8 Å². The fourth-order valence-electron chi connectivity index (χ4n) is 2.68. The molecule has 5 heteroatoms. The van der Waals surface area contributed by atoms with E-state index in [1.54, 1.807) is 0 Å². The molecular weight excluding hydrogens is 224 g/mol. The van der Waals surface area contributed by atoms with Gasteiger partial charge in [-0.05, 0) is 25.3 Å². The van der Waals surface area contributed by atoms with Gasteiger partial charge in [0.25, 0.3) is 0 Å². The minimum atomic E-state index is -0.0217. The van der Waals surface area contributed by atoms with E-state index in [0.717, 1.165) is 19.3 Å². The molecule has 2 fully saturated rings. The highest BCUT2D eigenvalue weighted by Crippen LogP contribution is 2.30. The van der Waals surface area contributed by atoms with E-state index >= 15 is 0 Å². The highest BCUT2D eigenvalue weighted by molar-refractivity contribution is 8.00. The van der Waals surface area contributed by atoms with E-state index in [4.69, 9.17) is 5.73 Å². The maximum Gasteiger partial charge on any atom is 0.239 e. The maximum atomic E-state index is 11.8. The summed E-state index contributed by atoms with van der Waals surface area (Å²) in [5.41, 5.74) is 5.74. The number of hydrogen-bond acceptors (Lipinski definition) is 4. The smallest absolute Gasteiger partial charge is 0.239 e. The molecule has 0 aromatic carbocycles. The van der Waals surface area contributed by atoms with Crippen LogP contribution in [0.5, 0.6) is 0 Å². The van der Waals surface area contributed by atoms with Crippen LogP contribution in [0.2, 0.25) is 0 Å². The van der Waals surface area contributed by atoms with Crippen LogP contribution in [0.4, 0.5) is 0 Å². The quantitative estimate of drug-likeness (QED) is 0.720. The summed E-state index contributed by atoms with van der Waals surface area (Å²) in [6.45, 7) is 0.578. The van der Waals surface area contributed by atoms with Gasteiger partial charge in [0, 0.05) is 6.04 Å². The van der Waals surface area contributed by atoms with Gasteiger partial charge in [-0.25, -0.2) is 0 Å². The third kappa shape index (κ3) is 2.25. The largest absolute Gasteiger partial charge is 0.330 e. The molecule has 1 saturated heterocycles. The van der Waals surface area contributed by atoms with E-state index in [-0.39, 0.29) is 17.9 Å². The normalized spacial score (nSPS) is 31.9. The summed E-state index contributed by atoms with van der Waals surface area (Å²) in [7, 11) is 0. The zero-order chi connectivity index (χ0) is 11.5. The predicted molar refractivity (Wildman–Crippen MR) is 64.0 cm³/mol. The van der Waals surface area contributed by atoms with E-state index in [1.165, 1.54) is 23.1 Å². The Labute approximate surface area is 99.9 Å². The molecule has 1 saturated carbocycles. The number of nitrogens with zero attached hydrogens (tertiary/aromatic N) is 1. The van der Waals surface area contributed by atoms with Gasteiger partial charge in [-0.1, -0.05) is 12.8 Å². The first-order valence-electron chi connectivity index (χ1n) is 5.86. The molecule has 1 aliphatic heterocycles. The molecule has 2 N–H and O–H groups in total. The molecule has 0 aromatic heterocycles. The van der Waals surface area contributed by atoms with Crippen LogP contribution in [0.25, 0.3) is 0 Å². The van der Waals surface area contributed by atoms with E-state index in [2.05, 4.69) is 0 Å². The van der Waals surface area contributed by atoms with E-state index < -0.39 is 0 Å². The van der Waals surface area contributed by atoms with Gasteiger partial charge < -0.3 is 5.73 Å².